The molecule has 0 fully saturated rings. The fourth-order valence-corrected chi connectivity index (χ4v) is 1.64. The molecule has 3 aromatic rings. The summed E-state index contributed by atoms with van der Waals surface area (Å²) in [4.78, 5) is 14.9. The number of rotatable bonds is 3. The number of phenols is 2. The van der Waals surface area contributed by atoms with Gasteiger partial charge in [-0.15, -0.1) is 0 Å². The number of nitrogens with one attached hydrogen (secondary N) is 2. The quantitative estimate of drug-likeness (QED) is 0.322. The fraction of sp³-hybridized carbons (Fsp3) is 0. The second kappa shape index (κ2) is 4.84. The predicted molar refractivity (Wildman–Crippen MR) is 72.7 cm³/mol. The molecule has 2 heterocycles. The van der Waals surface area contributed by atoms with E-state index in [1.807, 2.05) is 0 Å². The second-order valence-electron chi connectivity index (χ2n) is 3.94. The highest BCUT2D eigenvalue weighted by Gasteiger charge is 2.04. The molecule has 0 amide bonds. The smallest absolute Gasteiger partial charge is 0.182 e. The number of aromatic hydroxyl groups is 2. The van der Waals surface area contributed by atoms with E-state index in [0.29, 0.717) is 22.5 Å². The number of nitrogens with zero attached hydrogens (tertiary/aromatic N) is 4. The van der Waals surface area contributed by atoms with Crippen molar-refractivity contribution in [2.75, 3.05) is 5.43 Å². The third-order valence-electron chi connectivity index (χ3n) is 2.61. The Balaban J connectivity index is 1.80. The number of aromatic amines is 1. The van der Waals surface area contributed by atoms with Gasteiger partial charge in [0.25, 0.3) is 0 Å². The summed E-state index contributed by atoms with van der Waals surface area (Å²) in [7, 11) is 0. The van der Waals surface area contributed by atoms with E-state index in [-0.39, 0.29) is 11.5 Å². The van der Waals surface area contributed by atoms with Crippen LogP contribution in [0.25, 0.3) is 11.2 Å². The van der Waals surface area contributed by atoms with Crippen molar-refractivity contribution in [2.24, 2.45) is 5.10 Å². The van der Waals surface area contributed by atoms with Crippen molar-refractivity contribution in [1.29, 1.82) is 0 Å². The minimum Gasteiger partial charge on any atom is -0.504 e. The Morgan fingerprint density at radius 2 is 2.05 bits per heavy atom. The van der Waals surface area contributed by atoms with E-state index in [1.165, 1.54) is 31.0 Å². The van der Waals surface area contributed by atoms with E-state index in [0.717, 1.165) is 0 Å². The summed E-state index contributed by atoms with van der Waals surface area (Å²) < 4.78 is 0. The van der Waals surface area contributed by atoms with Crippen molar-refractivity contribution < 1.29 is 10.2 Å². The maximum absolute atomic E-state index is 9.36. The molecule has 0 aliphatic heterocycles. The van der Waals surface area contributed by atoms with Crippen LogP contribution in [0.5, 0.6) is 11.5 Å². The molecule has 0 bridgehead atoms. The third kappa shape index (κ3) is 2.21. The number of benzene rings is 1. The molecule has 0 aliphatic rings. The topological polar surface area (TPSA) is 119 Å². The first-order valence-corrected chi connectivity index (χ1v) is 5.69. The Labute approximate surface area is 112 Å². The van der Waals surface area contributed by atoms with Crippen LogP contribution >= 0.6 is 0 Å². The normalized spacial score (nSPS) is 11.2. The van der Waals surface area contributed by atoms with Crippen molar-refractivity contribution in [3.05, 3.63) is 36.4 Å². The Morgan fingerprint density at radius 1 is 1.15 bits per heavy atom. The van der Waals surface area contributed by atoms with Crippen molar-refractivity contribution in [3.8, 4) is 11.5 Å². The number of hydrogen-bond donors (Lipinski definition) is 4. The predicted octanol–water partition coefficient (Wildman–Crippen LogP) is 1.21. The third-order valence-corrected chi connectivity index (χ3v) is 2.61. The first-order valence-electron chi connectivity index (χ1n) is 5.69. The molecule has 100 valence electrons. The van der Waals surface area contributed by atoms with Crippen molar-refractivity contribution in [3.63, 3.8) is 0 Å². The van der Waals surface area contributed by atoms with Crippen LogP contribution in [0, 0.1) is 0 Å². The summed E-state index contributed by atoms with van der Waals surface area (Å²) in [6.45, 7) is 0. The van der Waals surface area contributed by atoms with E-state index in [2.05, 4.69) is 30.5 Å². The van der Waals surface area contributed by atoms with Gasteiger partial charge in [0.1, 0.15) is 11.8 Å². The van der Waals surface area contributed by atoms with E-state index in [1.54, 1.807) is 6.07 Å². The zero-order valence-corrected chi connectivity index (χ0v) is 10.1. The molecule has 0 saturated carbocycles. The highest BCUT2D eigenvalue weighted by molar-refractivity contribution is 5.84. The number of aromatic nitrogens is 4. The maximum Gasteiger partial charge on any atom is 0.182 e. The lowest BCUT2D eigenvalue weighted by molar-refractivity contribution is 0.403. The van der Waals surface area contributed by atoms with Gasteiger partial charge in [-0.05, 0) is 23.8 Å². The summed E-state index contributed by atoms with van der Waals surface area (Å²) in [5.74, 6) is 0.115. The minimum atomic E-state index is -0.202. The lowest BCUT2D eigenvalue weighted by atomic mass is 10.2. The molecule has 0 spiro atoms. The molecule has 8 nitrogen and oxygen atoms in total. The molecule has 2 aromatic heterocycles. The van der Waals surface area contributed by atoms with Crippen LogP contribution in [-0.4, -0.2) is 36.4 Å². The fourth-order valence-electron chi connectivity index (χ4n) is 1.64. The van der Waals surface area contributed by atoms with E-state index in [4.69, 9.17) is 0 Å². The standard InChI is InChI=1S/C12H10N6O2/c19-8-2-1-7(3-9(8)20)4-17-18-12-10-11(14-5-13-10)15-6-16-12/h1-6,19-20H,(H2,13,14,15,16,18)/b17-4-. The van der Waals surface area contributed by atoms with Gasteiger partial charge in [0.15, 0.2) is 23.0 Å². The molecule has 0 radical (unpaired) electrons. The maximum atomic E-state index is 9.36. The summed E-state index contributed by atoms with van der Waals surface area (Å²) in [5.41, 5.74) is 4.58. The van der Waals surface area contributed by atoms with Crippen molar-refractivity contribution in [2.45, 2.75) is 0 Å². The van der Waals surface area contributed by atoms with Crippen molar-refractivity contribution in [1.82, 2.24) is 19.9 Å². The Hall–Kier alpha value is -3.16. The van der Waals surface area contributed by atoms with Gasteiger partial charge < -0.3 is 15.2 Å². The summed E-state index contributed by atoms with van der Waals surface area (Å²) in [5, 5.41) is 22.6. The lowest BCUT2D eigenvalue weighted by Gasteiger charge is -2.00. The van der Waals surface area contributed by atoms with Gasteiger partial charge in [-0.1, -0.05) is 0 Å². The van der Waals surface area contributed by atoms with Gasteiger partial charge >= 0.3 is 0 Å². The summed E-state index contributed by atoms with van der Waals surface area (Å²) in [6, 6.07) is 4.40. The SMILES string of the molecule is Oc1ccc(/C=N\Nc2ncnc3nc[nH]c23)cc1O. The van der Waals surface area contributed by atoms with Crippen LogP contribution < -0.4 is 5.43 Å². The molecule has 0 atom stereocenters. The zero-order chi connectivity index (χ0) is 13.9. The van der Waals surface area contributed by atoms with E-state index >= 15 is 0 Å². The van der Waals surface area contributed by atoms with Crippen LogP contribution in [0.2, 0.25) is 0 Å². The molecule has 0 unspecified atom stereocenters. The molecule has 20 heavy (non-hydrogen) atoms. The van der Waals surface area contributed by atoms with Crippen LogP contribution in [-0.2, 0) is 0 Å². The number of hydrazone groups is 1. The molecule has 0 saturated heterocycles. The van der Waals surface area contributed by atoms with Gasteiger partial charge in [-0.25, -0.2) is 15.0 Å². The van der Waals surface area contributed by atoms with Crippen LogP contribution in [0.15, 0.2) is 36.0 Å². The lowest BCUT2D eigenvalue weighted by Crippen LogP contribution is -1.95. The van der Waals surface area contributed by atoms with Crippen molar-refractivity contribution >= 4 is 23.2 Å². The Bertz CT molecular complexity index is 782. The number of phenolic OH excluding ortho intramolecular Hbond substituents is 2. The molecule has 8 heteroatoms. The molecule has 1 aromatic carbocycles. The highest BCUT2D eigenvalue weighted by Crippen LogP contribution is 2.24. The second-order valence-corrected chi connectivity index (χ2v) is 3.94. The van der Waals surface area contributed by atoms with Gasteiger partial charge in [-0.2, -0.15) is 5.10 Å². The van der Waals surface area contributed by atoms with Gasteiger partial charge in [0.05, 0.1) is 12.5 Å². The van der Waals surface area contributed by atoms with Gasteiger partial charge in [0, 0.05) is 0 Å². The Kier molecular flexibility index (Phi) is 2.88. The monoisotopic (exact) mass is 270 g/mol. The number of hydrogen-bond acceptors (Lipinski definition) is 7. The molecule has 4 N–H and O–H groups in total. The average Bonchev–Trinajstić information content (AvgIpc) is 2.92. The summed E-state index contributed by atoms with van der Waals surface area (Å²) in [6.07, 6.45) is 4.39. The number of imidazole rings is 1. The number of H-pyrrole nitrogens is 1. The first kappa shape index (κ1) is 11.9. The Morgan fingerprint density at radius 3 is 2.90 bits per heavy atom. The number of anilines is 1. The largest absolute Gasteiger partial charge is 0.504 e. The number of fused-ring (bicyclic) bond motifs is 1. The zero-order valence-electron chi connectivity index (χ0n) is 10.1. The van der Waals surface area contributed by atoms with Crippen LogP contribution in [0.1, 0.15) is 5.56 Å². The minimum absolute atomic E-state index is 0.176. The van der Waals surface area contributed by atoms with E-state index < -0.39 is 0 Å². The van der Waals surface area contributed by atoms with Gasteiger partial charge in [0.2, 0.25) is 0 Å². The molecule has 0 aliphatic carbocycles. The van der Waals surface area contributed by atoms with Crippen LogP contribution in [0.4, 0.5) is 5.82 Å². The highest BCUT2D eigenvalue weighted by atomic mass is 16.3. The molecular formula is C12H10N6O2. The first-order chi connectivity index (χ1) is 9.74. The molecule has 3 rings (SSSR count). The van der Waals surface area contributed by atoms with Gasteiger partial charge in [-0.3, -0.25) is 5.43 Å². The average molecular weight is 270 g/mol. The van der Waals surface area contributed by atoms with Crippen LogP contribution in [0.3, 0.4) is 0 Å². The summed E-state index contributed by atoms with van der Waals surface area (Å²) >= 11 is 0. The molecular weight excluding hydrogens is 260 g/mol. The van der Waals surface area contributed by atoms with E-state index in [9.17, 15) is 10.2 Å².